The Balaban J connectivity index is 1.90. The maximum atomic E-state index is 13.3. The number of nitrogen functional groups attached to an aromatic ring is 1. The molecule has 3 N–H and O–H groups in total. The Morgan fingerprint density at radius 1 is 1.65 bits per heavy atom. The van der Waals surface area contributed by atoms with Gasteiger partial charge in [0.1, 0.15) is 0 Å². The molecule has 6 heteroatoms. The van der Waals surface area contributed by atoms with Crippen LogP contribution in [0.15, 0.2) is 6.20 Å². The number of likely N-dealkylation sites (tertiary alicyclic amines) is 1. The van der Waals surface area contributed by atoms with Gasteiger partial charge in [-0.05, 0) is 32.4 Å². The number of halogens is 1. The fourth-order valence-electron chi connectivity index (χ4n) is 2.19. The van der Waals surface area contributed by atoms with Crippen molar-refractivity contribution in [1.82, 2.24) is 14.9 Å². The first-order valence-corrected chi connectivity index (χ1v) is 5.85. The summed E-state index contributed by atoms with van der Waals surface area (Å²) in [6.07, 6.45) is 3.45. The van der Waals surface area contributed by atoms with Crippen LogP contribution in [0.2, 0.25) is 0 Å². The van der Waals surface area contributed by atoms with Crippen LogP contribution < -0.4 is 11.1 Å². The first-order valence-electron chi connectivity index (χ1n) is 5.85. The molecule has 5 nitrogen and oxygen atoms in total. The van der Waals surface area contributed by atoms with Crippen molar-refractivity contribution < 1.29 is 4.39 Å². The molecular formula is C11H18FN5. The van der Waals surface area contributed by atoms with Crippen molar-refractivity contribution in [3.8, 4) is 0 Å². The van der Waals surface area contributed by atoms with Gasteiger partial charge < -0.3 is 16.0 Å². The highest BCUT2D eigenvalue weighted by Crippen LogP contribution is 2.17. The fraction of sp³-hybridized carbons (Fsp3) is 0.636. The molecule has 1 aromatic heterocycles. The lowest BCUT2D eigenvalue weighted by molar-refractivity contribution is 0.217. The predicted octanol–water partition coefficient (Wildman–Crippen LogP) is 0.952. The van der Waals surface area contributed by atoms with Gasteiger partial charge >= 0.3 is 0 Å². The standard InChI is InChI=1S/C11H18FN5/c1-17-4-2-3-8(7-17)5-14-10-9(12)6-15-11(13)16-10/h6,8H,2-5,7H2,1H3,(H3,13,14,15,16). The summed E-state index contributed by atoms with van der Waals surface area (Å²) in [7, 11) is 2.11. The van der Waals surface area contributed by atoms with Crippen molar-refractivity contribution in [3.05, 3.63) is 12.0 Å². The highest BCUT2D eigenvalue weighted by molar-refractivity contribution is 5.39. The lowest BCUT2D eigenvalue weighted by Crippen LogP contribution is -2.35. The maximum Gasteiger partial charge on any atom is 0.222 e. The summed E-state index contributed by atoms with van der Waals surface area (Å²) < 4.78 is 13.3. The molecule has 94 valence electrons. The van der Waals surface area contributed by atoms with Crippen molar-refractivity contribution in [3.63, 3.8) is 0 Å². The monoisotopic (exact) mass is 239 g/mol. The van der Waals surface area contributed by atoms with Crippen molar-refractivity contribution >= 4 is 11.8 Å². The van der Waals surface area contributed by atoms with E-state index in [1.54, 1.807) is 0 Å². The quantitative estimate of drug-likeness (QED) is 0.822. The number of nitrogens with two attached hydrogens (primary N) is 1. The Morgan fingerprint density at radius 2 is 2.47 bits per heavy atom. The summed E-state index contributed by atoms with van der Waals surface area (Å²) in [5, 5.41) is 3.01. The molecular weight excluding hydrogens is 221 g/mol. The van der Waals surface area contributed by atoms with E-state index in [-0.39, 0.29) is 11.8 Å². The van der Waals surface area contributed by atoms with Crippen LogP contribution >= 0.6 is 0 Å². The summed E-state index contributed by atoms with van der Waals surface area (Å²) in [6.45, 7) is 2.90. The number of piperidine rings is 1. The van der Waals surface area contributed by atoms with Crippen LogP contribution in [-0.2, 0) is 0 Å². The first-order chi connectivity index (χ1) is 8.15. The fourth-order valence-corrected chi connectivity index (χ4v) is 2.19. The summed E-state index contributed by atoms with van der Waals surface area (Å²) in [6, 6.07) is 0. The van der Waals surface area contributed by atoms with Crippen LogP contribution in [0.25, 0.3) is 0 Å². The highest BCUT2D eigenvalue weighted by atomic mass is 19.1. The lowest BCUT2D eigenvalue weighted by Gasteiger charge is -2.29. The first kappa shape index (κ1) is 12.0. The van der Waals surface area contributed by atoms with E-state index >= 15 is 0 Å². The van der Waals surface area contributed by atoms with Crippen LogP contribution in [0.4, 0.5) is 16.2 Å². The summed E-state index contributed by atoms with van der Waals surface area (Å²) in [5.74, 6) is 0.369. The van der Waals surface area contributed by atoms with E-state index in [2.05, 4.69) is 27.2 Å². The van der Waals surface area contributed by atoms with E-state index < -0.39 is 5.82 Å². The average Bonchev–Trinajstić information content (AvgIpc) is 2.30. The van der Waals surface area contributed by atoms with E-state index in [1.165, 1.54) is 12.8 Å². The van der Waals surface area contributed by atoms with Crippen LogP contribution in [0.3, 0.4) is 0 Å². The zero-order valence-electron chi connectivity index (χ0n) is 9.99. The minimum absolute atomic E-state index is 0.0923. The van der Waals surface area contributed by atoms with Gasteiger partial charge in [-0.15, -0.1) is 0 Å². The molecule has 1 aromatic rings. The summed E-state index contributed by atoms with van der Waals surface area (Å²) in [5.41, 5.74) is 5.42. The SMILES string of the molecule is CN1CCCC(CNc2nc(N)ncc2F)C1. The third-order valence-electron chi connectivity index (χ3n) is 3.04. The minimum atomic E-state index is -0.455. The number of anilines is 2. The highest BCUT2D eigenvalue weighted by Gasteiger charge is 2.17. The number of hydrogen-bond acceptors (Lipinski definition) is 5. The Kier molecular flexibility index (Phi) is 3.73. The predicted molar refractivity (Wildman–Crippen MR) is 65.1 cm³/mol. The van der Waals surface area contributed by atoms with Crippen molar-refractivity contribution in [1.29, 1.82) is 0 Å². The summed E-state index contributed by atoms with van der Waals surface area (Å²) in [4.78, 5) is 9.72. The van der Waals surface area contributed by atoms with Gasteiger partial charge in [0.05, 0.1) is 6.20 Å². The zero-order chi connectivity index (χ0) is 12.3. The van der Waals surface area contributed by atoms with Gasteiger partial charge in [-0.1, -0.05) is 0 Å². The molecule has 17 heavy (non-hydrogen) atoms. The van der Waals surface area contributed by atoms with E-state index in [4.69, 9.17) is 5.73 Å². The largest absolute Gasteiger partial charge is 0.368 e. The Morgan fingerprint density at radius 3 is 3.24 bits per heavy atom. The minimum Gasteiger partial charge on any atom is -0.368 e. The molecule has 1 unspecified atom stereocenters. The molecule has 0 saturated carbocycles. The molecule has 0 aromatic carbocycles. The maximum absolute atomic E-state index is 13.3. The molecule has 1 atom stereocenters. The van der Waals surface area contributed by atoms with Crippen LogP contribution in [0.1, 0.15) is 12.8 Å². The molecule has 0 spiro atoms. The van der Waals surface area contributed by atoms with E-state index in [9.17, 15) is 4.39 Å². The smallest absolute Gasteiger partial charge is 0.222 e. The molecule has 1 aliphatic rings. The number of rotatable bonds is 3. The molecule has 0 aliphatic carbocycles. The molecule has 1 fully saturated rings. The number of nitrogens with zero attached hydrogens (tertiary/aromatic N) is 3. The zero-order valence-corrected chi connectivity index (χ0v) is 9.99. The Hall–Kier alpha value is -1.43. The van der Waals surface area contributed by atoms with E-state index in [1.807, 2.05) is 0 Å². The molecule has 1 saturated heterocycles. The van der Waals surface area contributed by atoms with Crippen LogP contribution in [-0.4, -0.2) is 41.5 Å². The van der Waals surface area contributed by atoms with Gasteiger partial charge in [0.25, 0.3) is 0 Å². The molecule has 2 heterocycles. The number of aromatic nitrogens is 2. The van der Waals surface area contributed by atoms with Gasteiger partial charge in [-0.25, -0.2) is 9.37 Å². The van der Waals surface area contributed by atoms with E-state index in [0.717, 1.165) is 25.8 Å². The van der Waals surface area contributed by atoms with Gasteiger partial charge in [0.15, 0.2) is 11.6 Å². The number of nitrogens with one attached hydrogen (secondary N) is 1. The second-order valence-electron chi connectivity index (χ2n) is 4.58. The lowest BCUT2D eigenvalue weighted by atomic mass is 9.98. The topological polar surface area (TPSA) is 67.1 Å². The van der Waals surface area contributed by atoms with Crippen molar-refractivity contribution in [2.75, 3.05) is 37.7 Å². The van der Waals surface area contributed by atoms with E-state index in [0.29, 0.717) is 5.92 Å². The Bertz CT molecular complexity index is 384. The normalized spacial score (nSPS) is 21.4. The molecule has 1 aliphatic heterocycles. The third kappa shape index (κ3) is 3.26. The molecule has 0 radical (unpaired) electrons. The Labute approximate surface area is 100 Å². The van der Waals surface area contributed by atoms with Gasteiger partial charge in [0.2, 0.25) is 5.95 Å². The second kappa shape index (κ2) is 5.27. The van der Waals surface area contributed by atoms with Crippen molar-refractivity contribution in [2.45, 2.75) is 12.8 Å². The van der Waals surface area contributed by atoms with Crippen LogP contribution in [0.5, 0.6) is 0 Å². The number of hydrogen-bond donors (Lipinski definition) is 2. The third-order valence-corrected chi connectivity index (χ3v) is 3.04. The van der Waals surface area contributed by atoms with Crippen molar-refractivity contribution in [2.24, 2.45) is 5.92 Å². The molecule has 2 rings (SSSR count). The van der Waals surface area contributed by atoms with Crippen LogP contribution in [0, 0.1) is 11.7 Å². The van der Waals surface area contributed by atoms with Gasteiger partial charge in [0, 0.05) is 13.1 Å². The average molecular weight is 239 g/mol. The van der Waals surface area contributed by atoms with Gasteiger partial charge in [-0.2, -0.15) is 4.98 Å². The second-order valence-corrected chi connectivity index (χ2v) is 4.58. The summed E-state index contributed by atoms with van der Waals surface area (Å²) >= 11 is 0. The molecule has 0 amide bonds. The molecule has 0 bridgehead atoms. The van der Waals surface area contributed by atoms with Gasteiger partial charge in [-0.3, -0.25) is 0 Å².